The van der Waals surface area contributed by atoms with Crippen LogP contribution in [0.2, 0.25) is 0 Å². The van der Waals surface area contributed by atoms with Crippen LogP contribution in [-0.4, -0.2) is 12.1 Å². The lowest BCUT2D eigenvalue weighted by Crippen LogP contribution is -2.33. The largest absolute Gasteiger partial charge is 0.490 e. The highest BCUT2D eigenvalue weighted by Crippen LogP contribution is 2.23. The maximum atomic E-state index is 5.93. The fourth-order valence-corrected chi connectivity index (χ4v) is 2.17. The Hall–Kier alpha value is -1.02. The molecule has 2 rings (SSSR count). The summed E-state index contributed by atoms with van der Waals surface area (Å²) in [7, 11) is 0. The first-order valence-corrected chi connectivity index (χ1v) is 5.73. The Morgan fingerprint density at radius 1 is 1.33 bits per heavy atom. The number of hydrogen-bond donors (Lipinski definition) is 1. The number of ether oxygens (including phenoxy) is 1. The molecule has 2 heteroatoms. The number of aryl methyl sites for hydroxylation is 1. The molecule has 0 aromatic heterocycles. The van der Waals surface area contributed by atoms with Gasteiger partial charge in [0.15, 0.2) is 0 Å². The van der Waals surface area contributed by atoms with Gasteiger partial charge in [-0.1, -0.05) is 12.1 Å². The highest BCUT2D eigenvalue weighted by Gasteiger charge is 2.20. The molecule has 1 fully saturated rings. The summed E-state index contributed by atoms with van der Waals surface area (Å²) in [4.78, 5) is 0. The van der Waals surface area contributed by atoms with Crippen molar-refractivity contribution in [3.8, 4) is 5.75 Å². The van der Waals surface area contributed by atoms with Crippen molar-refractivity contribution in [1.82, 2.24) is 0 Å². The molecule has 1 aromatic rings. The van der Waals surface area contributed by atoms with E-state index in [9.17, 15) is 0 Å². The van der Waals surface area contributed by atoms with Crippen molar-refractivity contribution < 1.29 is 4.74 Å². The van der Waals surface area contributed by atoms with Gasteiger partial charge in [-0.3, -0.25) is 0 Å². The molecule has 0 saturated heterocycles. The van der Waals surface area contributed by atoms with Gasteiger partial charge in [0.25, 0.3) is 0 Å². The van der Waals surface area contributed by atoms with Crippen LogP contribution in [0.5, 0.6) is 5.75 Å². The zero-order valence-electron chi connectivity index (χ0n) is 9.28. The molecule has 2 N–H and O–H groups in total. The Labute approximate surface area is 91.4 Å². The van der Waals surface area contributed by atoms with E-state index < -0.39 is 0 Å². The van der Waals surface area contributed by atoms with E-state index in [4.69, 9.17) is 10.5 Å². The maximum Gasteiger partial charge on any atom is 0.119 e. The summed E-state index contributed by atoms with van der Waals surface area (Å²) in [6, 6.07) is 8.55. The highest BCUT2D eigenvalue weighted by atomic mass is 16.5. The lowest BCUT2D eigenvalue weighted by Gasteiger charge is -2.27. The minimum Gasteiger partial charge on any atom is -0.490 e. The van der Waals surface area contributed by atoms with E-state index in [2.05, 4.69) is 19.1 Å². The van der Waals surface area contributed by atoms with Gasteiger partial charge in [0.1, 0.15) is 11.9 Å². The molecule has 0 heterocycles. The Bertz CT molecular complexity index is 324. The van der Waals surface area contributed by atoms with Gasteiger partial charge in [-0.05, 0) is 50.3 Å². The van der Waals surface area contributed by atoms with Crippen molar-refractivity contribution in [2.24, 2.45) is 5.73 Å². The van der Waals surface area contributed by atoms with Gasteiger partial charge in [-0.25, -0.2) is 0 Å². The molecule has 1 aromatic carbocycles. The molecular formula is C13H19NO. The molecular weight excluding hydrogens is 186 g/mol. The zero-order valence-corrected chi connectivity index (χ0v) is 9.28. The number of hydrogen-bond acceptors (Lipinski definition) is 2. The summed E-state index contributed by atoms with van der Waals surface area (Å²) in [6.45, 7) is 2.08. The third-order valence-electron chi connectivity index (χ3n) is 2.96. The van der Waals surface area contributed by atoms with Crippen LogP contribution in [0.1, 0.15) is 31.2 Å². The summed E-state index contributed by atoms with van der Waals surface area (Å²) in [5.74, 6) is 0.981. The lowest BCUT2D eigenvalue weighted by atomic mass is 9.93. The second-order valence-electron chi connectivity index (χ2n) is 4.48. The predicted molar refractivity (Wildman–Crippen MR) is 62.0 cm³/mol. The van der Waals surface area contributed by atoms with E-state index in [0.717, 1.165) is 25.0 Å². The normalized spacial score (nSPS) is 26.3. The minimum atomic E-state index is 0.315. The third-order valence-corrected chi connectivity index (χ3v) is 2.96. The number of nitrogens with two attached hydrogens (primary N) is 1. The monoisotopic (exact) mass is 205 g/mol. The molecule has 1 aliphatic rings. The van der Waals surface area contributed by atoms with E-state index in [1.807, 2.05) is 12.1 Å². The van der Waals surface area contributed by atoms with Crippen molar-refractivity contribution in [2.75, 3.05) is 0 Å². The quantitative estimate of drug-likeness (QED) is 0.805. The van der Waals surface area contributed by atoms with Crippen LogP contribution in [-0.2, 0) is 0 Å². The average Bonchev–Trinajstić information content (AvgIpc) is 2.17. The van der Waals surface area contributed by atoms with Crippen LogP contribution < -0.4 is 10.5 Å². The van der Waals surface area contributed by atoms with E-state index >= 15 is 0 Å². The van der Waals surface area contributed by atoms with Gasteiger partial charge in [0, 0.05) is 6.04 Å². The van der Waals surface area contributed by atoms with Crippen LogP contribution in [0.4, 0.5) is 0 Å². The molecule has 1 saturated carbocycles. The molecule has 0 radical (unpaired) electrons. The van der Waals surface area contributed by atoms with Crippen LogP contribution in [0, 0.1) is 6.92 Å². The van der Waals surface area contributed by atoms with Crippen molar-refractivity contribution in [1.29, 1.82) is 0 Å². The minimum absolute atomic E-state index is 0.315. The standard InChI is InChI=1S/C13H19NO/c1-10-4-2-6-12(8-10)15-13-7-3-5-11(14)9-13/h2,4,6,8,11,13H,3,5,7,9,14H2,1H3. The Morgan fingerprint density at radius 3 is 2.93 bits per heavy atom. The van der Waals surface area contributed by atoms with Crippen molar-refractivity contribution in [3.05, 3.63) is 29.8 Å². The van der Waals surface area contributed by atoms with Gasteiger partial charge in [0.2, 0.25) is 0 Å². The molecule has 1 aliphatic carbocycles. The van der Waals surface area contributed by atoms with Crippen LogP contribution in [0.25, 0.3) is 0 Å². The first kappa shape index (κ1) is 10.5. The highest BCUT2D eigenvalue weighted by molar-refractivity contribution is 5.27. The molecule has 2 unspecified atom stereocenters. The second kappa shape index (κ2) is 4.67. The van der Waals surface area contributed by atoms with Crippen molar-refractivity contribution in [3.63, 3.8) is 0 Å². The summed E-state index contributed by atoms with van der Waals surface area (Å²) < 4.78 is 5.93. The van der Waals surface area contributed by atoms with Crippen LogP contribution >= 0.6 is 0 Å². The van der Waals surface area contributed by atoms with Crippen LogP contribution in [0.3, 0.4) is 0 Å². The molecule has 15 heavy (non-hydrogen) atoms. The average molecular weight is 205 g/mol. The van der Waals surface area contributed by atoms with E-state index in [1.165, 1.54) is 12.0 Å². The molecule has 0 spiro atoms. The zero-order chi connectivity index (χ0) is 10.7. The van der Waals surface area contributed by atoms with E-state index in [0.29, 0.717) is 12.1 Å². The number of rotatable bonds is 2. The first-order chi connectivity index (χ1) is 7.24. The molecule has 2 nitrogen and oxygen atoms in total. The van der Waals surface area contributed by atoms with Crippen LogP contribution in [0.15, 0.2) is 24.3 Å². The molecule has 0 amide bonds. The molecule has 82 valence electrons. The number of benzene rings is 1. The van der Waals surface area contributed by atoms with E-state index in [-0.39, 0.29) is 0 Å². The Balaban J connectivity index is 1.96. The smallest absolute Gasteiger partial charge is 0.119 e. The third kappa shape index (κ3) is 2.96. The van der Waals surface area contributed by atoms with Crippen molar-refractivity contribution in [2.45, 2.75) is 44.8 Å². The van der Waals surface area contributed by atoms with Gasteiger partial charge in [0.05, 0.1) is 0 Å². The summed E-state index contributed by atoms with van der Waals surface area (Å²) in [6.07, 6.45) is 4.79. The van der Waals surface area contributed by atoms with Gasteiger partial charge < -0.3 is 10.5 Å². The van der Waals surface area contributed by atoms with Crippen molar-refractivity contribution >= 4 is 0 Å². The summed E-state index contributed by atoms with van der Waals surface area (Å²) in [5.41, 5.74) is 7.17. The molecule has 0 aliphatic heterocycles. The lowest BCUT2D eigenvalue weighted by molar-refractivity contribution is 0.144. The summed E-state index contributed by atoms with van der Waals surface area (Å²) in [5, 5.41) is 0. The van der Waals surface area contributed by atoms with Gasteiger partial charge >= 0.3 is 0 Å². The van der Waals surface area contributed by atoms with Gasteiger partial charge in [-0.15, -0.1) is 0 Å². The second-order valence-corrected chi connectivity index (χ2v) is 4.48. The molecule has 2 atom stereocenters. The fourth-order valence-electron chi connectivity index (χ4n) is 2.17. The topological polar surface area (TPSA) is 35.2 Å². The van der Waals surface area contributed by atoms with Gasteiger partial charge in [-0.2, -0.15) is 0 Å². The predicted octanol–water partition coefficient (Wildman–Crippen LogP) is 2.64. The molecule has 0 bridgehead atoms. The fraction of sp³-hybridized carbons (Fsp3) is 0.538. The maximum absolute atomic E-state index is 5.93. The first-order valence-electron chi connectivity index (χ1n) is 5.73. The summed E-state index contributed by atoms with van der Waals surface area (Å²) >= 11 is 0. The van der Waals surface area contributed by atoms with E-state index in [1.54, 1.807) is 0 Å². The SMILES string of the molecule is Cc1cccc(OC2CCCC(N)C2)c1. The Morgan fingerprint density at radius 2 is 2.20 bits per heavy atom. The Kier molecular flexibility index (Phi) is 3.27.